The van der Waals surface area contributed by atoms with Gasteiger partial charge in [-0.1, -0.05) is 121 Å². The molecule has 1 atom stereocenters. The summed E-state index contributed by atoms with van der Waals surface area (Å²) in [7, 11) is 0. The minimum Gasteiger partial charge on any atom is -0.353 e. The molecule has 7 heteroatoms. The van der Waals surface area contributed by atoms with Gasteiger partial charge in [0.25, 0.3) is 5.91 Å². The van der Waals surface area contributed by atoms with Gasteiger partial charge in [0, 0.05) is 11.1 Å². The first-order valence-electron chi connectivity index (χ1n) is 8.07. The Labute approximate surface area is 188 Å². The number of hydrogen-bond donors (Lipinski definition) is 2. The van der Waals surface area contributed by atoms with E-state index in [-0.39, 0.29) is 5.91 Å². The zero-order valence-corrected chi connectivity index (χ0v) is 19.5. The lowest BCUT2D eigenvalue weighted by atomic mass is 10.0. The maximum Gasteiger partial charge on any atom is 0.252 e. The van der Waals surface area contributed by atoms with Crippen LogP contribution in [0.2, 0.25) is 0 Å². The van der Waals surface area contributed by atoms with Crippen LogP contribution in [0.1, 0.15) is 15.9 Å². The number of nitrogens with one attached hydrogen (secondary N) is 2. The predicted molar refractivity (Wildman–Crippen MR) is 126 cm³/mol. The summed E-state index contributed by atoms with van der Waals surface area (Å²) in [5.74, 6) is -0.212. The summed E-state index contributed by atoms with van der Waals surface area (Å²) in [5, 5.41) is 8.32. The number of benzene rings is 3. The molecule has 3 aromatic rings. The molecule has 138 valence electrons. The van der Waals surface area contributed by atoms with Gasteiger partial charge in [-0.15, -0.1) is 0 Å². The van der Waals surface area contributed by atoms with Crippen LogP contribution in [0.25, 0.3) is 10.8 Å². The van der Waals surface area contributed by atoms with Crippen molar-refractivity contribution in [3.05, 3.63) is 83.9 Å². The first kappa shape index (κ1) is 20.5. The molecule has 0 saturated carbocycles. The predicted octanol–water partition coefficient (Wildman–Crippen LogP) is 5.70. The highest BCUT2D eigenvalue weighted by molar-refractivity contribution is 9.39. The smallest absolute Gasteiger partial charge is 0.252 e. The van der Waals surface area contributed by atoms with Gasteiger partial charge >= 0.3 is 0 Å². The minimum absolute atomic E-state index is 0.212. The number of fused-ring (bicyclic) bond motifs is 1. The first-order valence-corrected chi connectivity index (χ1v) is 10.9. The van der Waals surface area contributed by atoms with Crippen molar-refractivity contribution in [1.29, 1.82) is 0 Å². The molecule has 0 bridgehead atoms. The molecule has 0 radical (unpaired) electrons. The zero-order valence-electron chi connectivity index (χ0n) is 14.0. The Bertz CT molecular complexity index is 968. The van der Waals surface area contributed by atoms with Gasteiger partial charge in [-0.25, -0.2) is 0 Å². The molecule has 3 rings (SSSR count). The summed E-state index contributed by atoms with van der Waals surface area (Å²) < 4.78 is -0.786. The maximum absolute atomic E-state index is 12.6. The molecule has 1 unspecified atom stereocenters. The molecule has 0 heterocycles. The second-order valence-electron chi connectivity index (χ2n) is 5.81. The molecule has 0 spiro atoms. The number of amides is 1. The van der Waals surface area contributed by atoms with E-state index in [0.29, 0.717) is 10.6 Å². The van der Waals surface area contributed by atoms with Crippen molar-refractivity contribution in [2.45, 2.75) is 8.31 Å². The fourth-order valence-electron chi connectivity index (χ4n) is 2.64. The molecule has 3 aromatic carbocycles. The summed E-state index contributed by atoms with van der Waals surface area (Å²) in [6.45, 7) is 0. The Morgan fingerprint density at radius 2 is 1.48 bits per heavy atom. The Kier molecular flexibility index (Phi) is 6.68. The standard InChI is InChI=1S/C20H15Br3N2OS/c21-20(22,23)19(24-17(26)14-8-2-1-3-9-14)25-18(27)16-12-6-10-13-7-4-5-11-15(13)16/h1-12,19H,(H,24,26)(H,25,27). The van der Waals surface area contributed by atoms with E-state index in [4.69, 9.17) is 12.2 Å². The second-order valence-corrected chi connectivity index (χ2v) is 13.2. The molecule has 0 aliphatic rings. The summed E-state index contributed by atoms with van der Waals surface area (Å²) in [6.07, 6.45) is -0.559. The van der Waals surface area contributed by atoms with Crippen LogP contribution in [0.15, 0.2) is 72.8 Å². The number of halogens is 3. The van der Waals surface area contributed by atoms with Crippen molar-refractivity contribution >= 4 is 81.7 Å². The van der Waals surface area contributed by atoms with E-state index >= 15 is 0 Å². The number of rotatable bonds is 4. The Morgan fingerprint density at radius 1 is 0.852 bits per heavy atom. The third-order valence-corrected chi connectivity index (χ3v) is 5.66. The first-order chi connectivity index (χ1) is 12.9. The fraction of sp³-hybridized carbons (Fsp3) is 0.100. The van der Waals surface area contributed by atoms with Crippen molar-refractivity contribution in [2.75, 3.05) is 0 Å². The largest absolute Gasteiger partial charge is 0.353 e. The van der Waals surface area contributed by atoms with Gasteiger partial charge in [0.05, 0.1) is 0 Å². The van der Waals surface area contributed by atoms with Gasteiger partial charge in [-0.3, -0.25) is 4.79 Å². The molecule has 2 N–H and O–H groups in total. The lowest BCUT2D eigenvalue weighted by molar-refractivity contribution is 0.0936. The van der Waals surface area contributed by atoms with E-state index in [1.807, 2.05) is 60.7 Å². The highest BCUT2D eigenvalue weighted by Crippen LogP contribution is 2.36. The van der Waals surface area contributed by atoms with Gasteiger partial charge in [0.15, 0.2) is 2.14 Å². The third kappa shape index (κ3) is 5.16. The SMILES string of the molecule is O=C(NC(NC(=S)c1cccc2ccccc12)C(Br)(Br)Br)c1ccccc1. The number of carbonyl (C=O) groups excluding carboxylic acids is 1. The van der Waals surface area contributed by atoms with Crippen LogP contribution in [-0.4, -0.2) is 19.2 Å². The third-order valence-electron chi connectivity index (χ3n) is 3.95. The molecule has 27 heavy (non-hydrogen) atoms. The van der Waals surface area contributed by atoms with Crippen molar-refractivity contribution in [3.63, 3.8) is 0 Å². The van der Waals surface area contributed by atoms with Crippen LogP contribution in [-0.2, 0) is 0 Å². The lowest BCUT2D eigenvalue weighted by Crippen LogP contribution is -2.54. The topological polar surface area (TPSA) is 41.1 Å². The molecule has 1 amide bonds. The Morgan fingerprint density at radius 3 is 2.19 bits per heavy atom. The molecule has 0 aliphatic carbocycles. The van der Waals surface area contributed by atoms with E-state index < -0.39 is 8.31 Å². The molecule has 0 saturated heterocycles. The van der Waals surface area contributed by atoms with Crippen molar-refractivity contribution in [3.8, 4) is 0 Å². The highest BCUT2D eigenvalue weighted by Gasteiger charge is 2.33. The lowest BCUT2D eigenvalue weighted by Gasteiger charge is -2.29. The zero-order chi connectivity index (χ0) is 19.4. The van der Waals surface area contributed by atoms with Crippen molar-refractivity contribution < 1.29 is 4.79 Å². The van der Waals surface area contributed by atoms with Crippen LogP contribution in [0.5, 0.6) is 0 Å². The Hall–Kier alpha value is -1.28. The Balaban J connectivity index is 1.84. The quantitative estimate of drug-likeness (QED) is 0.240. The van der Waals surface area contributed by atoms with Crippen LogP contribution < -0.4 is 10.6 Å². The van der Waals surface area contributed by atoms with Gasteiger partial charge in [0.1, 0.15) is 11.2 Å². The van der Waals surface area contributed by atoms with Crippen molar-refractivity contribution in [1.82, 2.24) is 10.6 Å². The molecule has 0 aliphatic heterocycles. The van der Waals surface area contributed by atoms with Gasteiger partial charge < -0.3 is 10.6 Å². The van der Waals surface area contributed by atoms with Gasteiger partial charge in [-0.2, -0.15) is 0 Å². The molecular weight excluding hydrogens is 556 g/mol. The maximum atomic E-state index is 12.6. The summed E-state index contributed by atoms with van der Waals surface area (Å²) in [5.41, 5.74) is 1.47. The minimum atomic E-state index is -0.786. The monoisotopic (exact) mass is 568 g/mol. The second kappa shape index (κ2) is 8.82. The van der Waals surface area contributed by atoms with Crippen LogP contribution in [0, 0.1) is 0 Å². The van der Waals surface area contributed by atoms with Crippen LogP contribution in [0.3, 0.4) is 0 Å². The van der Waals surface area contributed by atoms with Crippen LogP contribution in [0.4, 0.5) is 0 Å². The van der Waals surface area contributed by atoms with E-state index in [2.05, 4.69) is 58.4 Å². The number of hydrogen-bond acceptors (Lipinski definition) is 2. The van der Waals surface area contributed by atoms with Crippen molar-refractivity contribution in [2.24, 2.45) is 0 Å². The summed E-state index contributed by atoms with van der Waals surface area (Å²) >= 11 is 16.1. The number of thiocarbonyl (C=S) groups is 1. The van der Waals surface area contributed by atoms with E-state index in [0.717, 1.165) is 16.3 Å². The summed E-state index contributed by atoms with van der Waals surface area (Å²) in [6, 6.07) is 23.0. The normalized spacial score (nSPS) is 12.4. The van der Waals surface area contributed by atoms with Crippen LogP contribution >= 0.6 is 60.0 Å². The average molecular weight is 571 g/mol. The van der Waals surface area contributed by atoms with E-state index in [1.54, 1.807) is 12.1 Å². The highest BCUT2D eigenvalue weighted by atomic mass is 80.0. The molecule has 0 aromatic heterocycles. The molecule has 3 nitrogen and oxygen atoms in total. The van der Waals surface area contributed by atoms with Gasteiger partial charge in [0.2, 0.25) is 0 Å². The fourth-order valence-corrected chi connectivity index (χ4v) is 3.62. The van der Waals surface area contributed by atoms with Gasteiger partial charge in [-0.05, 0) is 22.9 Å². The molecule has 0 fully saturated rings. The average Bonchev–Trinajstić information content (AvgIpc) is 2.66. The number of alkyl halides is 3. The summed E-state index contributed by atoms with van der Waals surface area (Å²) in [4.78, 5) is 13.1. The van der Waals surface area contributed by atoms with E-state index in [9.17, 15) is 4.79 Å². The molecular formula is C20H15Br3N2OS. The number of carbonyl (C=O) groups is 1. The van der Waals surface area contributed by atoms with E-state index in [1.165, 1.54) is 0 Å².